The number of carboxylic acid groups (broad SMARTS) is 1. The van der Waals surface area contributed by atoms with Crippen molar-refractivity contribution in [3.05, 3.63) is 29.6 Å². The fourth-order valence-corrected chi connectivity index (χ4v) is 2.77. The number of aromatic nitrogens is 1. The highest BCUT2D eigenvalue weighted by Gasteiger charge is 2.39. The number of rotatable bonds is 4. The third kappa shape index (κ3) is 3.13. The minimum absolute atomic E-state index is 0.503. The lowest BCUT2D eigenvalue weighted by Gasteiger charge is -2.38. The van der Waals surface area contributed by atoms with E-state index in [9.17, 15) is 9.90 Å². The van der Waals surface area contributed by atoms with E-state index in [2.05, 4.69) is 9.88 Å². The molecule has 1 aliphatic heterocycles. The van der Waals surface area contributed by atoms with Crippen LogP contribution in [0.3, 0.4) is 0 Å². The summed E-state index contributed by atoms with van der Waals surface area (Å²) in [6.45, 7) is 6.48. The Bertz CT molecular complexity index is 451. The number of piperidine rings is 1. The van der Waals surface area contributed by atoms with Crippen molar-refractivity contribution < 1.29 is 9.90 Å². The van der Waals surface area contributed by atoms with Crippen molar-refractivity contribution >= 4 is 5.97 Å². The third-order valence-electron chi connectivity index (χ3n) is 4.28. The predicted octanol–water partition coefficient (Wildman–Crippen LogP) is 2.47. The maximum absolute atomic E-state index is 11.4. The average molecular weight is 262 g/mol. The Labute approximate surface area is 114 Å². The fourth-order valence-electron chi connectivity index (χ4n) is 2.77. The number of hydrogen-bond donors (Lipinski definition) is 1. The Kier molecular flexibility index (Phi) is 4.20. The van der Waals surface area contributed by atoms with Gasteiger partial charge in [0, 0.05) is 12.2 Å². The first-order valence-corrected chi connectivity index (χ1v) is 6.94. The van der Waals surface area contributed by atoms with Gasteiger partial charge >= 0.3 is 5.97 Å². The second-order valence-electron chi connectivity index (χ2n) is 5.49. The topological polar surface area (TPSA) is 53.4 Å². The number of hydrogen-bond acceptors (Lipinski definition) is 3. The summed E-state index contributed by atoms with van der Waals surface area (Å²) >= 11 is 0. The molecule has 4 nitrogen and oxygen atoms in total. The summed E-state index contributed by atoms with van der Waals surface area (Å²) in [7, 11) is 0. The maximum atomic E-state index is 11.4. The standard InChI is InChI=1S/C15H22N2O2/c1-3-15(14(18)19)7-9-17(10-8-15)11-13-6-4-5-12(2)16-13/h4-6H,3,7-11H2,1-2H3,(H,18,19). The molecule has 0 spiro atoms. The molecule has 1 aliphatic rings. The molecule has 0 unspecified atom stereocenters. The van der Waals surface area contributed by atoms with Gasteiger partial charge in [-0.2, -0.15) is 0 Å². The molecule has 1 saturated heterocycles. The molecule has 0 bridgehead atoms. The molecule has 104 valence electrons. The van der Waals surface area contributed by atoms with Crippen LogP contribution in [-0.2, 0) is 11.3 Å². The quantitative estimate of drug-likeness (QED) is 0.905. The molecule has 19 heavy (non-hydrogen) atoms. The molecule has 0 amide bonds. The molecular formula is C15H22N2O2. The van der Waals surface area contributed by atoms with Crippen molar-refractivity contribution in [2.75, 3.05) is 13.1 Å². The van der Waals surface area contributed by atoms with Crippen LogP contribution in [0.4, 0.5) is 0 Å². The Balaban J connectivity index is 1.95. The van der Waals surface area contributed by atoms with Crippen molar-refractivity contribution in [1.82, 2.24) is 9.88 Å². The summed E-state index contributed by atoms with van der Waals surface area (Å²) in [5.74, 6) is -0.636. The van der Waals surface area contributed by atoms with E-state index in [1.165, 1.54) is 0 Å². The lowest BCUT2D eigenvalue weighted by Crippen LogP contribution is -2.43. The Morgan fingerprint density at radius 1 is 1.42 bits per heavy atom. The molecule has 1 N–H and O–H groups in total. The van der Waals surface area contributed by atoms with Crippen LogP contribution in [-0.4, -0.2) is 34.0 Å². The van der Waals surface area contributed by atoms with E-state index < -0.39 is 11.4 Å². The van der Waals surface area contributed by atoms with Crippen LogP contribution < -0.4 is 0 Å². The Morgan fingerprint density at radius 3 is 2.63 bits per heavy atom. The molecule has 0 atom stereocenters. The molecule has 4 heteroatoms. The molecule has 0 radical (unpaired) electrons. The second-order valence-corrected chi connectivity index (χ2v) is 5.49. The zero-order valence-electron chi connectivity index (χ0n) is 11.7. The van der Waals surface area contributed by atoms with Crippen molar-refractivity contribution in [2.45, 2.75) is 39.7 Å². The number of pyridine rings is 1. The summed E-state index contributed by atoms with van der Waals surface area (Å²) in [6.07, 6.45) is 2.20. The van der Waals surface area contributed by atoms with Crippen molar-refractivity contribution in [3.63, 3.8) is 0 Å². The van der Waals surface area contributed by atoms with Gasteiger partial charge in [0.25, 0.3) is 0 Å². The van der Waals surface area contributed by atoms with Crippen LogP contribution in [0.1, 0.15) is 37.6 Å². The largest absolute Gasteiger partial charge is 0.481 e. The molecule has 2 heterocycles. The van der Waals surface area contributed by atoms with Gasteiger partial charge in [0.2, 0.25) is 0 Å². The summed E-state index contributed by atoms with van der Waals surface area (Å²) in [4.78, 5) is 18.2. The minimum atomic E-state index is -0.636. The van der Waals surface area contributed by atoms with Gasteiger partial charge in [-0.1, -0.05) is 13.0 Å². The molecular weight excluding hydrogens is 240 g/mol. The minimum Gasteiger partial charge on any atom is -0.481 e. The number of likely N-dealkylation sites (tertiary alicyclic amines) is 1. The maximum Gasteiger partial charge on any atom is 0.309 e. The van der Waals surface area contributed by atoms with Gasteiger partial charge in [0.15, 0.2) is 0 Å². The van der Waals surface area contributed by atoms with Crippen molar-refractivity contribution in [3.8, 4) is 0 Å². The van der Waals surface area contributed by atoms with E-state index in [0.29, 0.717) is 0 Å². The first kappa shape index (κ1) is 14.0. The highest BCUT2D eigenvalue weighted by Crippen LogP contribution is 2.35. The van der Waals surface area contributed by atoms with Crippen LogP contribution in [0.15, 0.2) is 18.2 Å². The van der Waals surface area contributed by atoms with E-state index >= 15 is 0 Å². The Morgan fingerprint density at radius 2 is 2.11 bits per heavy atom. The lowest BCUT2D eigenvalue weighted by atomic mass is 9.76. The van der Waals surface area contributed by atoms with Crippen LogP contribution in [0.2, 0.25) is 0 Å². The van der Waals surface area contributed by atoms with Crippen molar-refractivity contribution in [1.29, 1.82) is 0 Å². The first-order chi connectivity index (χ1) is 9.05. The third-order valence-corrected chi connectivity index (χ3v) is 4.28. The summed E-state index contributed by atoms with van der Waals surface area (Å²) in [5.41, 5.74) is 1.60. The van der Waals surface area contributed by atoms with Gasteiger partial charge in [0.1, 0.15) is 0 Å². The predicted molar refractivity (Wildman–Crippen MR) is 73.8 cm³/mol. The van der Waals surface area contributed by atoms with Gasteiger partial charge in [-0.15, -0.1) is 0 Å². The van der Waals surface area contributed by atoms with E-state index in [0.717, 1.165) is 50.3 Å². The fraction of sp³-hybridized carbons (Fsp3) is 0.600. The van der Waals surface area contributed by atoms with Crippen LogP contribution in [0.25, 0.3) is 0 Å². The SMILES string of the molecule is CCC1(C(=O)O)CCN(Cc2cccc(C)n2)CC1. The average Bonchev–Trinajstić information content (AvgIpc) is 2.39. The summed E-state index contributed by atoms with van der Waals surface area (Å²) in [5, 5.41) is 9.37. The first-order valence-electron chi connectivity index (χ1n) is 6.94. The molecule has 1 aromatic rings. The molecule has 0 saturated carbocycles. The monoisotopic (exact) mass is 262 g/mol. The zero-order valence-corrected chi connectivity index (χ0v) is 11.7. The molecule has 0 aliphatic carbocycles. The number of aryl methyl sites for hydroxylation is 1. The zero-order chi connectivity index (χ0) is 13.9. The number of carboxylic acids is 1. The van der Waals surface area contributed by atoms with E-state index in [1.54, 1.807) is 0 Å². The second kappa shape index (κ2) is 5.70. The van der Waals surface area contributed by atoms with Gasteiger partial charge in [0.05, 0.1) is 11.1 Å². The number of nitrogens with zero attached hydrogens (tertiary/aromatic N) is 2. The Hall–Kier alpha value is -1.42. The normalized spacial score (nSPS) is 19.3. The van der Waals surface area contributed by atoms with E-state index in [-0.39, 0.29) is 0 Å². The van der Waals surface area contributed by atoms with E-state index in [4.69, 9.17) is 0 Å². The molecule has 2 rings (SSSR count). The smallest absolute Gasteiger partial charge is 0.309 e. The lowest BCUT2D eigenvalue weighted by molar-refractivity contribution is -0.152. The van der Waals surface area contributed by atoms with E-state index in [1.807, 2.05) is 32.0 Å². The van der Waals surface area contributed by atoms with Gasteiger partial charge < -0.3 is 5.11 Å². The van der Waals surface area contributed by atoms with Crippen LogP contribution >= 0.6 is 0 Å². The molecule has 1 aromatic heterocycles. The number of aliphatic carboxylic acids is 1. The summed E-state index contributed by atoms with van der Waals surface area (Å²) < 4.78 is 0. The van der Waals surface area contributed by atoms with Crippen molar-refractivity contribution in [2.24, 2.45) is 5.41 Å². The number of carbonyl (C=O) groups is 1. The van der Waals surface area contributed by atoms with Crippen LogP contribution in [0.5, 0.6) is 0 Å². The highest BCUT2D eigenvalue weighted by atomic mass is 16.4. The van der Waals surface area contributed by atoms with Gasteiger partial charge in [-0.05, 0) is 51.4 Å². The molecule has 1 fully saturated rings. The van der Waals surface area contributed by atoms with Crippen LogP contribution in [0, 0.1) is 12.3 Å². The highest BCUT2D eigenvalue weighted by molar-refractivity contribution is 5.74. The summed E-state index contributed by atoms with van der Waals surface area (Å²) in [6, 6.07) is 6.05. The molecule has 0 aromatic carbocycles. The van der Waals surface area contributed by atoms with Gasteiger partial charge in [-0.3, -0.25) is 14.7 Å². The van der Waals surface area contributed by atoms with Gasteiger partial charge in [-0.25, -0.2) is 0 Å².